The molecule has 0 saturated carbocycles. The minimum absolute atomic E-state index is 0.0110. The average molecular weight is 281 g/mol. The molecule has 0 aliphatic carbocycles. The molecule has 1 aromatic heterocycles. The number of benzene rings is 1. The molecule has 0 atom stereocenters. The second kappa shape index (κ2) is 5.11. The Labute approximate surface area is 113 Å². The van der Waals surface area contributed by atoms with E-state index >= 15 is 0 Å². The van der Waals surface area contributed by atoms with E-state index in [0.29, 0.717) is 5.76 Å². The summed E-state index contributed by atoms with van der Waals surface area (Å²) >= 11 is 5.68. The number of nitrogens with one attached hydrogen (secondary N) is 1. The van der Waals surface area contributed by atoms with Crippen LogP contribution in [0.4, 0.5) is 11.4 Å². The third-order valence-corrected chi connectivity index (χ3v) is 2.68. The molecule has 7 heteroatoms. The third kappa shape index (κ3) is 2.92. The number of rotatable bonds is 3. The fourth-order valence-electron chi connectivity index (χ4n) is 1.48. The molecule has 98 valence electrons. The molecule has 0 unspecified atom stereocenters. The number of anilines is 1. The highest BCUT2D eigenvalue weighted by Crippen LogP contribution is 2.27. The normalized spacial score (nSPS) is 10.2. The Hall–Kier alpha value is -2.34. The number of carbonyl (C=O) groups excluding carboxylic acids is 1. The number of furan rings is 1. The van der Waals surface area contributed by atoms with Gasteiger partial charge in [0.05, 0.1) is 4.92 Å². The molecule has 0 aliphatic rings. The van der Waals surface area contributed by atoms with E-state index in [1.807, 2.05) is 0 Å². The number of carbonyl (C=O) groups is 1. The van der Waals surface area contributed by atoms with Gasteiger partial charge in [-0.2, -0.15) is 0 Å². The molecule has 0 spiro atoms. The number of amides is 1. The van der Waals surface area contributed by atoms with Gasteiger partial charge in [0.25, 0.3) is 11.6 Å². The molecule has 0 fully saturated rings. The third-order valence-electron chi connectivity index (χ3n) is 2.36. The highest BCUT2D eigenvalue weighted by Gasteiger charge is 2.15. The van der Waals surface area contributed by atoms with Gasteiger partial charge >= 0.3 is 0 Å². The van der Waals surface area contributed by atoms with Crippen LogP contribution >= 0.6 is 11.6 Å². The molecular formula is C12H9ClN2O4. The van der Waals surface area contributed by atoms with Crippen molar-refractivity contribution in [3.8, 4) is 0 Å². The topological polar surface area (TPSA) is 85.4 Å². The predicted molar refractivity (Wildman–Crippen MR) is 69.5 cm³/mol. The van der Waals surface area contributed by atoms with Crippen molar-refractivity contribution in [2.75, 3.05) is 5.32 Å². The molecular weight excluding hydrogens is 272 g/mol. The summed E-state index contributed by atoms with van der Waals surface area (Å²) in [5.41, 5.74) is 0.00486. The van der Waals surface area contributed by atoms with Gasteiger partial charge in [0.2, 0.25) is 0 Å². The van der Waals surface area contributed by atoms with Crippen molar-refractivity contribution in [1.82, 2.24) is 0 Å². The first-order chi connectivity index (χ1) is 8.97. The lowest BCUT2D eigenvalue weighted by atomic mass is 10.2. The monoisotopic (exact) mass is 280 g/mol. The van der Waals surface area contributed by atoms with Crippen LogP contribution in [0.1, 0.15) is 16.3 Å². The van der Waals surface area contributed by atoms with Crippen molar-refractivity contribution in [3.05, 3.63) is 57.0 Å². The van der Waals surface area contributed by atoms with Crippen LogP contribution in [0.2, 0.25) is 5.02 Å². The number of aryl methyl sites for hydroxylation is 1. The summed E-state index contributed by atoms with van der Waals surface area (Å²) in [4.78, 5) is 21.9. The van der Waals surface area contributed by atoms with Crippen LogP contribution in [0.25, 0.3) is 0 Å². The average Bonchev–Trinajstić information content (AvgIpc) is 2.78. The number of nitrogens with zero attached hydrogens (tertiary/aromatic N) is 1. The molecule has 19 heavy (non-hydrogen) atoms. The molecule has 6 nitrogen and oxygen atoms in total. The minimum atomic E-state index is -0.616. The number of hydrogen-bond acceptors (Lipinski definition) is 4. The molecule has 0 radical (unpaired) electrons. The summed E-state index contributed by atoms with van der Waals surface area (Å²) in [6, 6.07) is 7.19. The summed E-state index contributed by atoms with van der Waals surface area (Å²) in [5, 5.41) is 13.2. The van der Waals surface area contributed by atoms with E-state index in [9.17, 15) is 14.9 Å². The molecule has 1 amide bonds. The van der Waals surface area contributed by atoms with Gasteiger partial charge in [0, 0.05) is 11.8 Å². The summed E-state index contributed by atoms with van der Waals surface area (Å²) in [6.45, 7) is 1.71. The Morgan fingerprint density at radius 2 is 2.11 bits per heavy atom. The molecule has 0 bridgehead atoms. The predicted octanol–water partition coefficient (Wildman–Crippen LogP) is 3.40. The summed E-state index contributed by atoms with van der Waals surface area (Å²) in [6.07, 6.45) is 0. The lowest BCUT2D eigenvalue weighted by Crippen LogP contribution is -2.11. The van der Waals surface area contributed by atoms with Crippen molar-refractivity contribution in [2.45, 2.75) is 6.92 Å². The van der Waals surface area contributed by atoms with Crippen molar-refractivity contribution < 1.29 is 14.1 Å². The Balaban J connectivity index is 2.22. The first-order valence-electron chi connectivity index (χ1n) is 5.29. The Kier molecular flexibility index (Phi) is 3.52. The van der Waals surface area contributed by atoms with E-state index in [-0.39, 0.29) is 22.2 Å². The highest BCUT2D eigenvalue weighted by molar-refractivity contribution is 6.32. The summed E-state index contributed by atoms with van der Waals surface area (Å²) in [7, 11) is 0. The second-order valence-corrected chi connectivity index (χ2v) is 4.19. The fraction of sp³-hybridized carbons (Fsp3) is 0.0833. The van der Waals surface area contributed by atoms with E-state index in [0.717, 1.165) is 0 Å². The number of nitro benzene ring substituents is 1. The van der Waals surface area contributed by atoms with Crippen molar-refractivity contribution in [2.24, 2.45) is 0 Å². The maximum absolute atomic E-state index is 11.8. The van der Waals surface area contributed by atoms with Gasteiger partial charge in [-0.05, 0) is 31.2 Å². The minimum Gasteiger partial charge on any atom is -0.456 e. The highest BCUT2D eigenvalue weighted by atomic mass is 35.5. The largest absolute Gasteiger partial charge is 0.456 e. The van der Waals surface area contributed by atoms with Crippen LogP contribution in [0.5, 0.6) is 0 Å². The van der Waals surface area contributed by atoms with E-state index < -0.39 is 10.8 Å². The van der Waals surface area contributed by atoms with Crippen molar-refractivity contribution in [3.63, 3.8) is 0 Å². The molecule has 2 rings (SSSR count). The standard InChI is InChI=1S/C12H9ClN2O4/c1-7-2-5-11(19-7)12(16)14-8-3-4-9(13)10(6-8)15(17)18/h2-6H,1H3,(H,14,16). The maximum Gasteiger partial charge on any atom is 0.291 e. The van der Waals surface area contributed by atoms with Crippen LogP contribution in [0, 0.1) is 17.0 Å². The first-order valence-corrected chi connectivity index (χ1v) is 5.67. The molecule has 1 aromatic carbocycles. The van der Waals surface area contributed by atoms with Crippen molar-refractivity contribution in [1.29, 1.82) is 0 Å². The zero-order valence-electron chi connectivity index (χ0n) is 9.84. The van der Waals surface area contributed by atoms with Gasteiger partial charge in [-0.3, -0.25) is 14.9 Å². The molecule has 2 aromatic rings. The van der Waals surface area contributed by atoms with Gasteiger partial charge in [-0.15, -0.1) is 0 Å². The second-order valence-electron chi connectivity index (χ2n) is 3.79. The zero-order valence-corrected chi connectivity index (χ0v) is 10.6. The summed E-state index contributed by atoms with van der Waals surface area (Å²) < 4.78 is 5.15. The van der Waals surface area contributed by atoms with E-state index in [1.165, 1.54) is 24.3 Å². The van der Waals surface area contributed by atoms with Crippen LogP contribution in [0.3, 0.4) is 0 Å². The van der Waals surface area contributed by atoms with Gasteiger partial charge in [-0.25, -0.2) is 0 Å². The molecule has 1 N–H and O–H groups in total. The van der Waals surface area contributed by atoms with Gasteiger partial charge in [-0.1, -0.05) is 11.6 Å². The van der Waals surface area contributed by atoms with E-state index in [1.54, 1.807) is 13.0 Å². The first kappa shape index (κ1) is 13.1. The molecule has 0 saturated heterocycles. The Bertz CT molecular complexity index is 651. The lowest BCUT2D eigenvalue weighted by Gasteiger charge is -2.03. The van der Waals surface area contributed by atoms with E-state index in [2.05, 4.69) is 5.32 Å². The SMILES string of the molecule is Cc1ccc(C(=O)Nc2ccc(Cl)c([N+](=O)[O-])c2)o1. The maximum atomic E-state index is 11.8. The van der Waals surface area contributed by atoms with Gasteiger partial charge in [0.1, 0.15) is 10.8 Å². The van der Waals surface area contributed by atoms with Gasteiger partial charge in [0.15, 0.2) is 5.76 Å². The van der Waals surface area contributed by atoms with E-state index in [4.69, 9.17) is 16.0 Å². The Morgan fingerprint density at radius 1 is 1.37 bits per heavy atom. The van der Waals surface area contributed by atoms with Crippen molar-refractivity contribution >= 4 is 28.9 Å². The number of hydrogen-bond donors (Lipinski definition) is 1. The van der Waals surface area contributed by atoms with Gasteiger partial charge < -0.3 is 9.73 Å². The number of nitro groups is 1. The smallest absolute Gasteiger partial charge is 0.291 e. The zero-order chi connectivity index (χ0) is 14.0. The Morgan fingerprint density at radius 3 is 2.68 bits per heavy atom. The number of halogens is 1. The molecule has 1 heterocycles. The van der Waals surface area contributed by atoms with Crippen LogP contribution in [-0.4, -0.2) is 10.8 Å². The lowest BCUT2D eigenvalue weighted by molar-refractivity contribution is -0.384. The van der Waals surface area contributed by atoms with Crippen LogP contribution < -0.4 is 5.32 Å². The quantitative estimate of drug-likeness (QED) is 0.689. The summed E-state index contributed by atoms with van der Waals surface area (Å²) in [5.74, 6) is 0.257. The van der Waals surface area contributed by atoms with Crippen LogP contribution in [-0.2, 0) is 0 Å². The molecule has 0 aliphatic heterocycles. The fourth-order valence-corrected chi connectivity index (χ4v) is 1.67. The van der Waals surface area contributed by atoms with Crippen LogP contribution in [0.15, 0.2) is 34.7 Å².